The first-order valence-corrected chi connectivity index (χ1v) is 7.67. The Balaban J connectivity index is 2.08. The predicted octanol–water partition coefficient (Wildman–Crippen LogP) is 4.49. The van der Waals surface area contributed by atoms with Crippen LogP contribution in [-0.4, -0.2) is 18.0 Å². The molecule has 0 aliphatic heterocycles. The molecule has 1 nitrogen and oxygen atoms in total. The van der Waals surface area contributed by atoms with Crippen LogP contribution in [0.15, 0.2) is 0 Å². The van der Waals surface area contributed by atoms with Crippen LogP contribution in [0.1, 0.15) is 71.1 Å². The van der Waals surface area contributed by atoms with Crippen molar-refractivity contribution in [1.29, 1.82) is 0 Å². The van der Waals surface area contributed by atoms with Crippen LogP contribution >= 0.6 is 11.6 Å². The van der Waals surface area contributed by atoms with Gasteiger partial charge in [-0.1, -0.05) is 51.9 Å². The topological polar surface area (TPSA) is 12.0 Å². The Morgan fingerprint density at radius 1 is 1.00 bits per heavy atom. The second-order valence-electron chi connectivity index (χ2n) is 5.32. The number of unbranched alkanes of at least 4 members (excludes halogenated alkanes) is 4. The fourth-order valence-electron chi connectivity index (χ4n) is 2.67. The lowest BCUT2D eigenvalue weighted by Gasteiger charge is -2.36. The summed E-state index contributed by atoms with van der Waals surface area (Å²) in [6, 6.07) is 0. The van der Waals surface area contributed by atoms with Gasteiger partial charge in [-0.05, 0) is 25.8 Å². The van der Waals surface area contributed by atoms with Gasteiger partial charge in [0, 0.05) is 11.4 Å². The molecule has 0 amide bonds. The Hall–Kier alpha value is 0.250. The van der Waals surface area contributed by atoms with Gasteiger partial charge in [0.15, 0.2) is 0 Å². The van der Waals surface area contributed by atoms with Gasteiger partial charge in [0.05, 0.1) is 0 Å². The third kappa shape index (κ3) is 5.05. The zero-order chi connectivity index (χ0) is 11.7. The van der Waals surface area contributed by atoms with Crippen molar-refractivity contribution < 1.29 is 0 Å². The molecule has 0 aromatic heterocycles. The lowest BCUT2D eigenvalue weighted by Crippen LogP contribution is -2.48. The van der Waals surface area contributed by atoms with Gasteiger partial charge in [0.2, 0.25) is 0 Å². The molecule has 1 aliphatic carbocycles. The Morgan fingerprint density at radius 2 is 1.69 bits per heavy atom. The molecule has 1 rings (SSSR count). The maximum Gasteiger partial charge on any atom is 0.0406 e. The lowest BCUT2D eigenvalue weighted by molar-refractivity contribution is 0.257. The summed E-state index contributed by atoms with van der Waals surface area (Å²) in [5.74, 6) is 0.794. The van der Waals surface area contributed by atoms with Gasteiger partial charge in [-0.3, -0.25) is 0 Å². The SMILES string of the molecule is CCCCCCCNC1(CCl)CCCCC1. The van der Waals surface area contributed by atoms with E-state index in [0.717, 1.165) is 12.4 Å². The molecule has 1 fully saturated rings. The molecule has 16 heavy (non-hydrogen) atoms. The average molecular weight is 246 g/mol. The number of hydrogen-bond donors (Lipinski definition) is 1. The fourth-order valence-corrected chi connectivity index (χ4v) is 3.03. The zero-order valence-corrected chi connectivity index (χ0v) is 11.6. The van der Waals surface area contributed by atoms with Gasteiger partial charge in [0.25, 0.3) is 0 Å². The third-order valence-electron chi connectivity index (χ3n) is 3.85. The van der Waals surface area contributed by atoms with Crippen molar-refractivity contribution in [3.05, 3.63) is 0 Å². The van der Waals surface area contributed by atoms with Crippen LogP contribution in [0.5, 0.6) is 0 Å². The summed E-state index contributed by atoms with van der Waals surface area (Å²) in [6.07, 6.45) is 13.5. The van der Waals surface area contributed by atoms with Crippen LogP contribution in [0.2, 0.25) is 0 Å². The van der Waals surface area contributed by atoms with Crippen molar-refractivity contribution in [1.82, 2.24) is 5.32 Å². The van der Waals surface area contributed by atoms with E-state index >= 15 is 0 Å². The van der Waals surface area contributed by atoms with Crippen molar-refractivity contribution in [2.45, 2.75) is 76.7 Å². The molecule has 0 radical (unpaired) electrons. The molecule has 0 atom stereocenters. The summed E-state index contributed by atoms with van der Waals surface area (Å²) in [7, 11) is 0. The Bertz CT molecular complexity index is 164. The van der Waals surface area contributed by atoms with Crippen molar-refractivity contribution in [2.24, 2.45) is 0 Å². The fraction of sp³-hybridized carbons (Fsp3) is 1.00. The van der Waals surface area contributed by atoms with E-state index in [1.165, 1.54) is 64.2 Å². The standard InChI is InChI=1S/C14H28ClN/c1-2-3-4-5-9-12-16-14(13-15)10-7-6-8-11-14/h16H,2-13H2,1H3. The van der Waals surface area contributed by atoms with E-state index in [0.29, 0.717) is 0 Å². The van der Waals surface area contributed by atoms with Crippen molar-refractivity contribution >= 4 is 11.6 Å². The summed E-state index contributed by atoms with van der Waals surface area (Å²) in [6.45, 7) is 3.43. The van der Waals surface area contributed by atoms with Crippen LogP contribution in [0.4, 0.5) is 0 Å². The zero-order valence-electron chi connectivity index (χ0n) is 10.9. The smallest absolute Gasteiger partial charge is 0.0406 e. The third-order valence-corrected chi connectivity index (χ3v) is 4.36. The number of halogens is 1. The second kappa shape index (κ2) is 8.36. The Morgan fingerprint density at radius 3 is 2.31 bits per heavy atom. The number of nitrogens with one attached hydrogen (secondary N) is 1. The van der Waals surface area contributed by atoms with Crippen LogP contribution in [0.25, 0.3) is 0 Å². The molecule has 0 unspecified atom stereocenters. The first-order chi connectivity index (χ1) is 7.83. The minimum atomic E-state index is 0.282. The first-order valence-electron chi connectivity index (χ1n) is 7.14. The Kier molecular flexibility index (Phi) is 7.47. The second-order valence-corrected chi connectivity index (χ2v) is 5.58. The predicted molar refractivity (Wildman–Crippen MR) is 73.3 cm³/mol. The molecule has 0 aromatic carbocycles. The quantitative estimate of drug-likeness (QED) is 0.491. The average Bonchev–Trinajstić information content (AvgIpc) is 2.35. The monoisotopic (exact) mass is 245 g/mol. The van der Waals surface area contributed by atoms with Crippen molar-refractivity contribution in [3.8, 4) is 0 Å². The number of rotatable bonds is 8. The highest BCUT2D eigenvalue weighted by Gasteiger charge is 2.29. The molecule has 0 heterocycles. The van der Waals surface area contributed by atoms with Gasteiger partial charge in [-0.25, -0.2) is 0 Å². The number of alkyl halides is 1. The van der Waals surface area contributed by atoms with E-state index in [1.807, 2.05) is 0 Å². The van der Waals surface area contributed by atoms with Crippen LogP contribution in [0.3, 0.4) is 0 Å². The minimum Gasteiger partial charge on any atom is -0.310 e. The minimum absolute atomic E-state index is 0.282. The molecule has 1 saturated carbocycles. The molecule has 0 saturated heterocycles. The molecule has 0 bridgehead atoms. The van der Waals surface area contributed by atoms with Crippen molar-refractivity contribution in [2.75, 3.05) is 12.4 Å². The van der Waals surface area contributed by atoms with Crippen LogP contribution in [0, 0.1) is 0 Å². The highest BCUT2D eigenvalue weighted by Crippen LogP contribution is 2.29. The summed E-state index contributed by atoms with van der Waals surface area (Å²) in [4.78, 5) is 0. The van der Waals surface area contributed by atoms with Crippen LogP contribution in [-0.2, 0) is 0 Å². The largest absolute Gasteiger partial charge is 0.310 e. The van der Waals surface area contributed by atoms with Gasteiger partial charge < -0.3 is 5.32 Å². The molecule has 0 spiro atoms. The molecule has 1 N–H and O–H groups in total. The highest BCUT2D eigenvalue weighted by molar-refractivity contribution is 6.18. The van der Waals surface area contributed by atoms with Crippen molar-refractivity contribution in [3.63, 3.8) is 0 Å². The summed E-state index contributed by atoms with van der Waals surface area (Å²) < 4.78 is 0. The van der Waals surface area contributed by atoms with Gasteiger partial charge >= 0.3 is 0 Å². The van der Waals surface area contributed by atoms with E-state index in [1.54, 1.807) is 0 Å². The normalized spacial score (nSPS) is 19.9. The van der Waals surface area contributed by atoms with Gasteiger partial charge in [-0.15, -0.1) is 11.6 Å². The molecular weight excluding hydrogens is 218 g/mol. The molecule has 96 valence electrons. The van der Waals surface area contributed by atoms with Crippen LogP contribution < -0.4 is 5.32 Å². The van der Waals surface area contributed by atoms with E-state index in [2.05, 4.69) is 12.2 Å². The maximum absolute atomic E-state index is 6.14. The Labute approximate surface area is 106 Å². The van der Waals surface area contributed by atoms with E-state index in [4.69, 9.17) is 11.6 Å². The summed E-state index contributed by atoms with van der Waals surface area (Å²) in [5, 5.41) is 3.73. The molecular formula is C14H28ClN. The maximum atomic E-state index is 6.14. The first kappa shape index (κ1) is 14.3. The van der Waals surface area contributed by atoms with E-state index < -0.39 is 0 Å². The van der Waals surface area contributed by atoms with E-state index in [9.17, 15) is 0 Å². The molecule has 1 aliphatic rings. The molecule has 0 aromatic rings. The summed E-state index contributed by atoms with van der Waals surface area (Å²) >= 11 is 6.14. The summed E-state index contributed by atoms with van der Waals surface area (Å²) in [5.41, 5.74) is 0.282. The highest BCUT2D eigenvalue weighted by atomic mass is 35.5. The van der Waals surface area contributed by atoms with Gasteiger partial charge in [-0.2, -0.15) is 0 Å². The lowest BCUT2D eigenvalue weighted by atomic mass is 9.83. The molecule has 2 heteroatoms. The van der Waals surface area contributed by atoms with Gasteiger partial charge in [0.1, 0.15) is 0 Å². The number of hydrogen-bond acceptors (Lipinski definition) is 1. The van der Waals surface area contributed by atoms with E-state index in [-0.39, 0.29) is 5.54 Å².